The van der Waals surface area contributed by atoms with Crippen molar-refractivity contribution in [2.45, 2.75) is 140 Å². The van der Waals surface area contributed by atoms with Crippen molar-refractivity contribution in [3.05, 3.63) is 105 Å². The summed E-state index contributed by atoms with van der Waals surface area (Å²) in [7, 11) is -2.22. The van der Waals surface area contributed by atoms with Crippen molar-refractivity contribution in [1.82, 2.24) is 15.2 Å². The summed E-state index contributed by atoms with van der Waals surface area (Å²) < 4.78 is 13.4. The predicted molar refractivity (Wildman–Crippen MR) is 249 cm³/mol. The van der Waals surface area contributed by atoms with Crippen molar-refractivity contribution in [3.63, 3.8) is 0 Å². The van der Waals surface area contributed by atoms with Gasteiger partial charge in [0.1, 0.15) is 11.9 Å². The molecule has 11 heteroatoms. The average Bonchev–Trinajstić information content (AvgIpc) is 3.26. The van der Waals surface area contributed by atoms with Crippen LogP contribution >= 0.6 is 0 Å². The highest BCUT2D eigenvalue weighted by atomic mass is 28.4. The lowest BCUT2D eigenvalue weighted by molar-refractivity contribution is -0.167. The van der Waals surface area contributed by atoms with Gasteiger partial charge >= 0.3 is 5.97 Å². The van der Waals surface area contributed by atoms with Crippen LogP contribution in [0.25, 0.3) is 10.9 Å². The molecular formula is C51H68N4O6Si. The molecule has 9 rings (SSSR count). The molecule has 0 spiro atoms. The van der Waals surface area contributed by atoms with E-state index in [0.29, 0.717) is 37.5 Å². The number of amides is 1. The van der Waals surface area contributed by atoms with Gasteiger partial charge in [0, 0.05) is 49.7 Å². The minimum Gasteiger partial charge on any atom is -0.506 e. The Morgan fingerprint density at radius 1 is 0.952 bits per heavy atom. The second-order valence-corrected chi connectivity index (χ2v) is 24.9. The minimum atomic E-state index is -2.22. The molecule has 3 saturated heterocycles. The van der Waals surface area contributed by atoms with E-state index in [4.69, 9.17) is 9.16 Å². The maximum Gasteiger partial charge on any atom is 0.316 e. The summed E-state index contributed by atoms with van der Waals surface area (Å²) in [6.45, 7) is 16.2. The summed E-state index contributed by atoms with van der Waals surface area (Å²) >= 11 is 0. The van der Waals surface area contributed by atoms with Crippen molar-refractivity contribution in [2.75, 3.05) is 37.6 Å². The molecule has 2 bridgehead atoms. The zero-order valence-electron chi connectivity index (χ0n) is 37.7. The predicted octanol–water partition coefficient (Wildman–Crippen LogP) is 9.23. The van der Waals surface area contributed by atoms with Gasteiger partial charge in [0.2, 0.25) is 11.5 Å². The van der Waals surface area contributed by atoms with Gasteiger partial charge in [-0.2, -0.15) is 0 Å². The molecule has 3 aromatic carbocycles. The van der Waals surface area contributed by atoms with Gasteiger partial charge in [0.05, 0.1) is 17.0 Å². The highest BCUT2D eigenvalue weighted by molar-refractivity contribution is 6.74. The number of aryl methyl sites for hydroxylation is 2. The number of phenolic OH excluding ortho intramolecular Hbond substituents is 1. The maximum absolute atomic E-state index is 14.1. The number of esters is 1. The Balaban J connectivity index is 0.892. The van der Waals surface area contributed by atoms with E-state index in [1.54, 1.807) is 12.1 Å². The number of nitrogens with one attached hydrogen (secondary N) is 2. The highest BCUT2D eigenvalue weighted by Crippen LogP contribution is 2.44. The van der Waals surface area contributed by atoms with Gasteiger partial charge in [-0.15, -0.1) is 0 Å². The van der Waals surface area contributed by atoms with Gasteiger partial charge in [-0.1, -0.05) is 82.5 Å². The number of hydrogen-bond acceptors (Lipinski definition) is 8. The number of hydrogen-bond donors (Lipinski definition) is 3. The van der Waals surface area contributed by atoms with Crippen molar-refractivity contribution < 1.29 is 23.9 Å². The van der Waals surface area contributed by atoms with E-state index in [9.17, 15) is 19.5 Å². The zero-order chi connectivity index (χ0) is 43.6. The lowest BCUT2D eigenvalue weighted by atomic mass is 9.69. The Morgan fingerprint density at radius 2 is 1.74 bits per heavy atom. The van der Waals surface area contributed by atoms with Gasteiger partial charge in [-0.25, -0.2) is 0 Å². The minimum absolute atomic E-state index is 0.00320. The van der Waals surface area contributed by atoms with Gasteiger partial charge in [-0.05, 0) is 135 Å². The molecule has 4 aromatic rings. The normalized spacial score (nSPS) is 21.8. The number of rotatable bonds is 15. The maximum atomic E-state index is 14.1. The largest absolute Gasteiger partial charge is 0.506 e. The number of carbonyl (C=O) groups is 2. The molecule has 10 nitrogen and oxygen atoms in total. The number of anilines is 1. The van der Waals surface area contributed by atoms with E-state index in [2.05, 4.69) is 91.5 Å². The number of unbranched alkanes of at least 4 members (excludes halogenated alkanes) is 1. The number of aromatic hydroxyl groups is 1. The standard InChI is InChI=1S/C51H68N4O6Si/c1-50(2,3)62(4,5)61-44(40-17-20-43(56)48-41(40)18-21-46(57)53-48)33-52-32-36-15-19-42-38(30-36)16-22-47(58)55(42)27-10-7-12-35-13-11-14-39(31-35)51(25-8-6-9-26-51)49(59)60-45-34-54-28-23-37(45)24-29-54/h11,13-15,17-21,30-31,37,44-45,52,56H,6-10,12,16,22-29,32-34H2,1-5H3,(H,53,57)/t44-,45+/m1/s1. The van der Waals surface area contributed by atoms with Crippen LogP contribution in [-0.2, 0) is 43.6 Å². The molecule has 0 radical (unpaired) electrons. The van der Waals surface area contributed by atoms with Gasteiger partial charge in [0.15, 0.2) is 8.32 Å². The molecule has 5 heterocycles. The quantitative estimate of drug-likeness (QED) is 0.0615. The van der Waals surface area contributed by atoms with Crippen LogP contribution in [-0.4, -0.2) is 74.0 Å². The summed E-state index contributed by atoms with van der Waals surface area (Å²) in [5.74, 6) is 0.714. The van der Waals surface area contributed by atoms with Gasteiger partial charge < -0.3 is 29.5 Å². The molecule has 1 saturated carbocycles. The van der Waals surface area contributed by atoms with Crippen molar-refractivity contribution in [2.24, 2.45) is 5.92 Å². The molecule has 4 fully saturated rings. The van der Waals surface area contributed by atoms with Crippen molar-refractivity contribution in [1.29, 1.82) is 0 Å². The Hall–Kier alpha value is -4.29. The van der Waals surface area contributed by atoms with E-state index >= 15 is 0 Å². The fourth-order valence-electron chi connectivity index (χ4n) is 10.3. The summed E-state index contributed by atoms with van der Waals surface area (Å²) in [4.78, 5) is 46.9. The molecule has 62 heavy (non-hydrogen) atoms. The smallest absolute Gasteiger partial charge is 0.316 e. The van der Waals surface area contributed by atoms with E-state index in [1.807, 2.05) is 11.0 Å². The van der Waals surface area contributed by atoms with Crippen LogP contribution in [0, 0.1) is 5.92 Å². The number of aromatic amines is 1. The Kier molecular flexibility index (Phi) is 13.2. The number of H-pyrrole nitrogens is 1. The summed E-state index contributed by atoms with van der Waals surface area (Å²) in [6, 6.07) is 22.0. The molecule has 5 aliphatic rings. The molecule has 1 aliphatic carbocycles. The summed E-state index contributed by atoms with van der Waals surface area (Å²) in [6.07, 6.45) is 11.0. The third-order valence-electron chi connectivity index (χ3n) is 15.0. The van der Waals surface area contributed by atoms with Crippen LogP contribution in [0.2, 0.25) is 18.1 Å². The van der Waals surface area contributed by atoms with Crippen molar-refractivity contribution >= 4 is 36.8 Å². The zero-order valence-corrected chi connectivity index (χ0v) is 38.7. The van der Waals surface area contributed by atoms with E-state index in [-0.39, 0.29) is 40.4 Å². The lowest BCUT2D eigenvalue weighted by Crippen LogP contribution is -2.53. The molecule has 1 amide bonds. The first-order valence-electron chi connectivity index (χ1n) is 23.4. The fraction of sp³-hybridized carbons (Fsp3) is 0.549. The number of fused-ring (bicyclic) bond motifs is 5. The number of pyridine rings is 1. The van der Waals surface area contributed by atoms with Crippen LogP contribution in [0.3, 0.4) is 0 Å². The molecule has 2 atom stereocenters. The highest BCUT2D eigenvalue weighted by Gasteiger charge is 2.46. The molecular weight excluding hydrogens is 793 g/mol. The van der Waals surface area contributed by atoms with E-state index in [1.165, 1.54) is 23.6 Å². The number of piperidine rings is 3. The third kappa shape index (κ3) is 9.47. The van der Waals surface area contributed by atoms with Crippen molar-refractivity contribution in [3.8, 4) is 5.75 Å². The molecule has 332 valence electrons. The first-order valence-corrected chi connectivity index (χ1v) is 26.3. The second kappa shape index (κ2) is 18.4. The van der Waals surface area contributed by atoms with Gasteiger partial charge in [-0.3, -0.25) is 19.3 Å². The number of carbonyl (C=O) groups excluding carboxylic acids is 2. The van der Waals surface area contributed by atoms with Crippen LogP contribution in [0.4, 0.5) is 5.69 Å². The second-order valence-electron chi connectivity index (χ2n) is 20.2. The third-order valence-corrected chi connectivity index (χ3v) is 19.5. The Labute approximate surface area is 368 Å². The van der Waals surface area contributed by atoms with Gasteiger partial charge in [0.25, 0.3) is 0 Å². The molecule has 4 aliphatic heterocycles. The Morgan fingerprint density at radius 3 is 2.48 bits per heavy atom. The number of aromatic nitrogens is 1. The summed E-state index contributed by atoms with van der Waals surface area (Å²) in [5, 5.41) is 15.0. The average molecular weight is 861 g/mol. The van der Waals surface area contributed by atoms with E-state index in [0.717, 1.165) is 112 Å². The SMILES string of the molecule is CC(C)(C)[Si](C)(C)O[C@H](CNCc1ccc2c(c1)CCC(=O)N2CCCCc1cccc(C2(C(=O)O[C@H]3CN4CCC3CC4)CCCCC2)c1)c1ccc(O)c2[nH]c(=O)ccc12. The topological polar surface area (TPSA) is 124 Å². The van der Waals surface area contributed by atoms with Crippen LogP contribution in [0.1, 0.15) is 119 Å². The Bertz CT molecular complexity index is 2300. The monoisotopic (exact) mass is 860 g/mol. The van der Waals surface area contributed by atoms with Crippen LogP contribution in [0.15, 0.2) is 71.5 Å². The molecule has 1 aromatic heterocycles. The lowest BCUT2D eigenvalue weighted by Gasteiger charge is -2.45. The molecule has 3 N–H and O–H groups in total. The van der Waals surface area contributed by atoms with Crippen LogP contribution < -0.4 is 15.8 Å². The number of phenols is 1. The summed E-state index contributed by atoms with van der Waals surface area (Å²) in [5.41, 5.74) is 6.25. The van der Waals surface area contributed by atoms with E-state index < -0.39 is 13.7 Å². The number of ether oxygens (including phenoxy) is 1. The fourth-order valence-corrected chi connectivity index (χ4v) is 11.6. The van der Waals surface area contributed by atoms with Crippen LogP contribution in [0.5, 0.6) is 5.75 Å². The molecule has 0 unspecified atom stereocenters. The number of benzene rings is 3. The first kappa shape index (κ1) is 44.3. The number of nitrogens with zero attached hydrogens (tertiary/aromatic N) is 2. The first-order chi connectivity index (χ1) is 29.7.